The SMILES string of the molecule is CC(NC(=O)c1c(N)nn2cccnc12)c1nc2occ(C#Cc3ccncc3)c2c(=O)n1-c1ccccc1. The Bertz CT molecular complexity index is 1960. The van der Waals surface area contributed by atoms with E-state index in [4.69, 9.17) is 10.2 Å². The highest BCUT2D eigenvalue weighted by molar-refractivity contribution is 6.04. The summed E-state index contributed by atoms with van der Waals surface area (Å²) in [6, 6.07) is 13.5. The van der Waals surface area contributed by atoms with Crippen LogP contribution in [0.2, 0.25) is 0 Å². The van der Waals surface area contributed by atoms with E-state index < -0.39 is 11.9 Å². The second-order valence-electron chi connectivity index (χ2n) is 8.60. The van der Waals surface area contributed by atoms with Crippen molar-refractivity contribution >= 4 is 28.5 Å². The van der Waals surface area contributed by atoms with Gasteiger partial charge in [0.2, 0.25) is 5.71 Å². The minimum absolute atomic E-state index is 0.0331. The second kappa shape index (κ2) is 9.60. The molecule has 3 N–H and O–H groups in total. The molecule has 1 unspecified atom stereocenters. The molecule has 0 aliphatic carbocycles. The van der Waals surface area contributed by atoms with Gasteiger partial charge in [0.15, 0.2) is 11.5 Å². The van der Waals surface area contributed by atoms with E-state index in [0.717, 1.165) is 5.56 Å². The Hall–Kier alpha value is -5.76. The summed E-state index contributed by atoms with van der Waals surface area (Å²) in [6.45, 7) is 1.72. The molecule has 0 saturated carbocycles. The minimum Gasteiger partial charge on any atom is -0.445 e. The number of anilines is 1. The van der Waals surface area contributed by atoms with Crippen molar-refractivity contribution in [1.82, 2.24) is 34.4 Å². The van der Waals surface area contributed by atoms with Crippen LogP contribution in [0.15, 0.2) is 88.8 Å². The lowest BCUT2D eigenvalue weighted by Crippen LogP contribution is -2.33. The highest BCUT2D eigenvalue weighted by atomic mass is 16.3. The molecule has 1 atom stereocenters. The van der Waals surface area contributed by atoms with E-state index in [1.807, 2.05) is 18.2 Å². The minimum atomic E-state index is -0.732. The van der Waals surface area contributed by atoms with Crippen LogP contribution < -0.4 is 16.6 Å². The zero-order valence-electron chi connectivity index (χ0n) is 20.6. The fourth-order valence-corrected chi connectivity index (χ4v) is 4.25. The molecule has 5 heterocycles. The van der Waals surface area contributed by atoms with Crippen LogP contribution in [-0.4, -0.2) is 35.0 Å². The maximum atomic E-state index is 13.9. The molecule has 6 aromatic rings. The van der Waals surface area contributed by atoms with Crippen molar-refractivity contribution in [2.24, 2.45) is 0 Å². The van der Waals surface area contributed by atoms with Crippen LogP contribution in [0.5, 0.6) is 0 Å². The molecule has 0 spiro atoms. The van der Waals surface area contributed by atoms with Crippen LogP contribution in [0.1, 0.15) is 40.3 Å². The number of nitrogens with one attached hydrogen (secondary N) is 1. The van der Waals surface area contributed by atoms with Crippen LogP contribution >= 0.6 is 0 Å². The first-order chi connectivity index (χ1) is 19.0. The Morgan fingerprint density at radius 1 is 1.08 bits per heavy atom. The molecule has 6 rings (SSSR count). The molecule has 0 bridgehead atoms. The number of nitrogen functional groups attached to an aromatic ring is 1. The third-order valence-electron chi connectivity index (χ3n) is 6.05. The number of hydrogen-bond acceptors (Lipinski definition) is 8. The summed E-state index contributed by atoms with van der Waals surface area (Å²) in [5, 5.41) is 7.26. The number of amides is 1. The molecule has 0 aliphatic rings. The van der Waals surface area contributed by atoms with Gasteiger partial charge in [-0.1, -0.05) is 30.0 Å². The summed E-state index contributed by atoms with van der Waals surface area (Å²) in [5.74, 6) is 5.80. The summed E-state index contributed by atoms with van der Waals surface area (Å²) in [4.78, 5) is 40.1. The number of rotatable bonds is 4. The van der Waals surface area contributed by atoms with Crippen LogP contribution in [0.3, 0.4) is 0 Å². The van der Waals surface area contributed by atoms with Gasteiger partial charge in [-0.3, -0.25) is 19.1 Å². The van der Waals surface area contributed by atoms with Gasteiger partial charge in [-0.25, -0.2) is 9.50 Å². The molecule has 190 valence electrons. The van der Waals surface area contributed by atoms with Gasteiger partial charge in [-0.2, -0.15) is 4.98 Å². The van der Waals surface area contributed by atoms with Gasteiger partial charge in [0.05, 0.1) is 17.3 Å². The Morgan fingerprint density at radius 2 is 1.87 bits per heavy atom. The van der Waals surface area contributed by atoms with E-state index in [1.54, 1.807) is 62.0 Å². The van der Waals surface area contributed by atoms with Gasteiger partial charge in [-0.05, 0) is 37.3 Å². The number of nitrogens with zero attached hydrogens (tertiary/aromatic N) is 6. The summed E-state index contributed by atoms with van der Waals surface area (Å²) in [6.07, 6.45) is 7.87. The maximum absolute atomic E-state index is 13.9. The average molecular weight is 517 g/mol. The number of aromatic nitrogens is 6. The smallest absolute Gasteiger partial charge is 0.270 e. The van der Waals surface area contributed by atoms with Crippen LogP contribution in [0.25, 0.3) is 22.4 Å². The number of para-hydroxylation sites is 1. The average Bonchev–Trinajstić information content (AvgIpc) is 3.52. The summed E-state index contributed by atoms with van der Waals surface area (Å²) in [7, 11) is 0. The van der Waals surface area contributed by atoms with Crippen molar-refractivity contribution in [1.29, 1.82) is 0 Å². The third-order valence-corrected chi connectivity index (χ3v) is 6.05. The van der Waals surface area contributed by atoms with E-state index >= 15 is 0 Å². The predicted molar refractivity (Wildman–Crippen MR) is 143 cm³/mol. The molecule has 0 radical (unpaired) electrons. The Balaban J connectivity index is 1.45. The van der Waals surface area contributed by atoms with E-state index in [0.29, 0.717) is 16.9 Å². The largest absolute Gasteiger partial charge is 0.445 e. The standard InChI is InChI=1S/C28H20N8O3/c1-17(32-26(37)22-23(29)34-35-15-5-12-31-25(22)35)24-33-27-21(28(38)36(24)20-6-3-2-4-7-20)19(16-39-27)9-8-18-10-13-30-14-11-18/h2-7,10-17H,1H3,(H2,29,34)(H,32,37). The number of nitrogens with two attached hydrogens (primary N) is 1. The van der Waals surface area contributed by atoms with E-state index in [2.05, 4.69) is 37.2 Å². The van der Waals surface area contributed by atoms with Crippen molar-refractivity contribution < 1.29 is 9.21 Å². The molecular formula is C28H20N8O3. The van der Waals surface area contributed by atoms with Crippen LogP contribution in [-0.2, 0) is 0 Å². The van der Waals surface area contributed by atoms with Gasteiger partial charge in [-0.15, -0.1) is 5.10 Å². The zero-order valence-corrected chi connectivity index (χ0v) is 20.6. The molecule has 11 heteroatoms. The highest BCUT2D eigenvalue weighted by Crippen LogP contribution is 2.23. The number of carbonyl (C=O) groups excluding carboxylic acids is 1. The Kier molecular flexibility index (Phi) is 5.82. The number of carbonyl (C=O) groups is 1. The van der Waals surface area contributed by atoms with Gasteiger partial charge in [0.25, 0.3) is 11.5 Å². The third kappa shape index (κ3) is 4.25. The first kappa shape index (κ1) is 23.6. The van der Waals surface area contributed by atoms with E-state index in [-0.39, 0.29) is 33.9 Å². The van der Waals surface area contributed by atoms with Gasteiger partial charge >= 0.3 is 0 Å². The van der Waals surface area contributed by atoms with Gasteiger partial charge in [0, 0.05) is 30.4 Å². The summed E-state index contributed by atoms with van der Waals surface area (Å²) >= 11 is 0. The quantitative estimate of drug-likeness (QED) is 0.340. The lowest BCUT2D eigenvalue weighted by molar-refractivity contribution is 0.0940. The van der Waals surface area contributed by atoms with Crippen molar-refractivity contribution in [3.63, 3.8) is 0 Å². The number of benzene rings is 1. The van der Waals surface area contributed by atoms with E-state index in [9.17, 15) is 9.59 Å². The molecule has 0 fully saturated rings. The first-order valence-corrected chi connectivity index (χ1v) is 11.9. The molecular weight excluding hydrogens is 496 g/mol. The monoisotopic (exact) mass is 516 g/mol. The molecule has 1 aromatic carbocycles. The summed E-state index contributed by atoms with van der Waals surface area (Å²) in [5.41, 5.74) is 7.91. The normalized spacial score (nSPS) is 11.7. The Morgan fingerprint density at radius 3 is 2.67 bits per heavy atom. The number of pyridine rings is 1. The number of fused-ring (bicyclic) bond motifs is 2. The lowest BCUT2D eigenvalue weighted by Gasteiger charge is -2.18. The first-order valence-electron chi connectivity index (χ1n) is 11.9. The van der Waals surface area contributed by atoms with Crippen molar-refractivity contribution in [2.75, 3.05) is 5.73 Å². The van der Waals surface area contributed by atoms with E-state index in [1.165, 1.54) is 15.3 Å². The van der Waals surface area contributed by atoms with Crippen LogP contribution in [0, 0.1) is 11.8 Å². The summed E-state index contributed by atoms with van der Waals surface area (Å²) < 4.78 is 8.53. The number of hydrogen-bond donors (Lipinski definition) is 2. The molecule has 0 saturated heterocycles. The maximum Gasteiger partial charge on any atom is 0.270 e. The Labute approximate surface area is 221 Å². The van der Waals surface area contributed by atoms with Gasteiger partial charge < -0.3 is 15.5 Å². The second-order valence-corrected chi connectivity index (χ2v) is 8.60. The zero-order chi connectivity index (χ0) is 26.9. The molecule has 39 heavy (non-hydrogen) atoms. The molecule has 5 aromatic heterocycles. The predicted octanol–water partition coefficient (Wildman–Crippen LogP) is 2.89. The fourth-order valence-electron chi connectivity index (χ4n) is 4.25. The molecule has 1 amide bonds. The lowest BCUT2D eigenvalue weighted by atomic mass is 10.2. The molecule has 11 nitrogen and oxygen atoms in total. The number of furan rings is 1. The van der Waals surface area contributed by atoms with Crippen LogP contribution in [0.4, 0.5) is 5.82 Å². The van der Waals surface area contributed by atoms with Crippen molar-refractivity contribution in [3.8, 4) is 17.5 Å². The van der Waals surface area contributed by atoms with Gasteiger partial charge in [0.1, 0.15) is 23.0 Å². The highest BCUT2D eigenvalue weighted by Gasteiger charge is 2.25. The topological polar surface area (TPSA) is 146 Å². The van der Waals surface area contributed by atoms with Crippen molar-refractivity contribution in [3.05, 3.63) is 112 Å². The fraction of sp³-hybridized carbons (Fsp3) is 0.0714. The molecule has 0 aliphatic heterocycles. The van der Waals surface area contributed by atoms with Crippen molar-refractivity contribution in [2.45, 2.75) is 13.0 Å².